The summed E-state index contributed by atoms with van der Waals surface area (Å²) in [5.74, 6) is 1.06. The first kappa shape index (κ1) is 31.5. The van der Waals surface area contributed by atoms with E-state index in [4.69, 9.17) is 14.2 Å². The predicted molar refractivity (Wildman–Crippen MR) is 145 cm³/mol. The number of rotatable bonds is 18. The molecule has 2 unspecified atom stereocenters. The van der Waals surface area contributed by atoms with Crippen LogP contribution in [-0.2, 0) is 30.2 Å². The highest BCUT2D eigenvalue weighted by Crippen LogP contribution is 2.25. The van der Waals surface area contributed by atoms with Crippen molar-refractivity contribution in [2.75, 3.05) is 43.3 Å². The van der Waals surface area contributed by atoms with Gasteiger partial charge in [0.2, 0.25) is 5.91 Å². The number of amides is 1. The summed E-state index contributed by atoms with van der Waals surface area (Å²) in [5.41, 5.74) is 1.05. The molecule has 35 heavy (non-hydrogen) atoms. The van der Waals surface area contributed by atoms with Crippen LogP contribution in [0.1, 0.15) is 32.8 Å². The predicted octanol–water partition coefficient (Wildman–Crippen LogP) is 4.34. The van der Waals surface area contributed by atoms with E-state index in [0.717, 1.165) is 30.2 Å². The number of carbonyl (C=O) groups is 3. The fourth-order valence-corrected chi connectivity index (χ4v) is 5.33. The molecule has 1 amide bonds. The zero-order valence-electron chi connectivity index (χ0n) is 20.9. The number of benzene rings is 1. The Balaban J connectivity index is 2.55. The first-order chi connectivity index (χ1) is 16.9. The molecule has 0 saturated heterocycles. The van der Waals surface area contributed by atoms with Crippen LogP contribution in [0.25, 0.3) is 0 Å². The molecule has 0 spiro atoms. The largest absolute Gasteiger partial charge is 0.511 e. The highest BCUT2D eigenvalue weighted by atomic mass is 33.1. The maximum Gasteiger partial charge on any atom is 0.511 e. The number of carbonyl (C=O) groups excluding carboxylic acids is 3. The molecule has 0 saturated carbocycles. The second-order valence-electron chi connectivity index (χ2n) is 7.90. The van der Waals surface area contributed by atoms with Crippen LogP contribution in [0.15, 0.2) is 30.3 Å². The molecule has 0 aromatic heterocycles. The zero-order valence-corrected chi connectivity index (χ0v) is 23.4. The molecule has 0 fully saturated rings. The van der Waals surface area contributed by atoms with E-state index in [1.807, 2.05) is 42.1 Å². The molecule has 2 atom stereocenters. The summed E-state index contributed by atoms with van der Waals surface area (Å²) in [6.45, 7) is 5.96. The molecule has 198 valence electrons. The Morgan fingerprint density at radius 1 is 1.06 bits per heavy atom. The quantitative estimate of drug-likeness (QED) is 0.120. The molecular weight excluding hydrogens is 508 g/mol. The Hall–Kier alpha value is -1.56. The van der Waals surface area contributed by atoms with Gasteiger partial charge in [0.05, 0.1) is 18.4 Å². The molecule has 11 heteroatoms. The topological polar surface area (TPSA) is 103 Å². The Morgan fingerprint density at radius 2 is 1.80 bits per heavy atom. The van der Waals surface area contributed by atoms with Crippen LogP contribution in [0.3, 0.4) is 0 Å². The van der Waals surface area contributed by atoms with Gasteiger partial charge in [-0.15, -0.1) is 0 Å². The van der Waals surface area contributed by atoms with E-state index in [-0.39, 0.29) is 30.9 Å². The molecule has 1 aromatic carbocycles. The average Bonchev–Trinajstić information content (AvgIpc) is 2.83. The van der Waals surface area contributed by atoms with Crippen LogP contribution >= 0.6 is 33.3 Å². The third-order valence-electron chi connectivity index (χ3n) is 4.58. The monoisotopic (exact) mass is 546 g/mol. The summed E-state index contributed by atoms with van der Waals surface area (Å²) in [4.78, 5) is 36.8. The normalized spacial score (nSPS) is 12.6. The summed E-state index contributed by atoms with van der Waals surface area (Å²) < 4.78 is 15.0. The molecule has 0 heterocycles. The third-order valence-corrected chi connectivity index (χ3v) is 7.57. The van der Waals surface area contributed by atoms with E-state index in [9.17, 15) is 14.4 Å². The van der Waals surface area contributed by atoms with Crippen LogP contribution in [0.4, 0.5) is 4.79 Å². The Bertz CT molecular complexity index is 739. The van der Waals surface area contributed by atoms with Crippen LogP contribution in [0.5, 0.6) is 0 Å². The van der Waals surface area contributed by atoms with E-state index in [2.05, 4.69) is 16.9 Å². The van der Waals surface area contributed by atoms with E-state index in [0.29, 0.717) is 12.2 Å². The lowest BCUT2D eigenvalue weighted by Gasteiger charge is -2.21. The van der Waals surface area contributed by atoms with Crippen molar-refractivity contribution in [2.45, 2.75) is 39.9 Å². The van der Waals surface area contributed by atoms with Crippen molar-refractivity contribution in [3.63, 3.8) is 0 Å². The molecule has 2 N–H and O–H groups in total. The maximum absolute atomic E-state index is 12.9. The maximum atomic E-state index is 12.9. The highest BCUT2D eigenvalue weighted by Gasteiger charge is 2.25. The van der Waals surface area contributed by atoms with Crippen LogP contribution < -0.4 is 10.6 Å². The lowest BCUT2D eigenvalue weighted by Crippen LogP contribution is -2.39. The fraction of sp³-hybridized carbons (Fsp3) is 0.625. The molecule has 1 rings (SSSR count). The van der Waals surface area contributed by atoms with Crippen molar-refractivity contribution >= 4 is 51.4 Å². The zero-order chi connectivity index (χ0) is 25.9. The molecule has 0 aliphatic heterocycles. The average molecular weight is 547 g/mol. The van der Waals surface area contributed by atoms with Gasteiger partial charge in [-0.05, 0) is 43.9 Å². The van der Waals surface area contributed by atoms with Crippen molar-refractivity contribution in [1.82, 2.24) is 10.6 Å². The van der Waals surface area contributed by atoms with Gasteiger partial charge in [-0.1, -0.05) is 65.8 Å². The van der Waals surface area contributed by atoms with E-state index < -0.39 is 18.4 Å². The number of hydrogen-bond donors (Lipinski definition) is 2. The number of nitrogens with one attached hydrogen (secondary N) is 2. The van der Waals surface area contributed by atoms with Crippen molar-refractivity contribution in [3.05, 3.63) is 35.9 Å². The minimum atomic E-state index is -1.09. The second kappa shape index (κ2) is 19.6. The van der Waals surface area contributed by atoms with Crippen molar-refractivity contribution in [2.24, 2.45) is 11.8 Å². The molecule has 0 bridgehead atoms. The summed E-state index contributed by atoms with van der Waals surface area (Å²) in [6.07, 6.45) is 1.80. The molecule has 8 nitrogen and oxygen atoms in total. The molecule has 0 aliphatic rings. The van der Waals surface area contributed by atoms with Gasteiger partial charge in [-0.2, -0.15) is 11.8 Å². The number of hydrogen-bond acceptors (Lipinski definition) is 10. The Kier molecular flexibility index (Phi) is 17.6. The Labute approximate surface area is 221 Å². The third kappa shape index (κ3) is 15.2. The van der Waals surface area contributed by atoms with Gasteiger partial charge in [0.15, 0.2) is 0 Å². The van der Waals surface area contributed by atoms with Gasteiger partial charge >= 0.3 is 12.1 Å². The lowest BCUT2D eigenvalue weighted by molar-refractivity contribution is -0.178. The standard InChI is InChI=1S/C24H38N2O6S3/c1-5-30-24(29)32-23(18(2)3)31-21(27)15-26-22(28)20(14-19-10-7-6-8-11-19)16-34-35-17-25-12-9-13-33-4/h6-8,10-11,18,20,23,25H,5,9,12-17H2,1-4H3,(H,26,28). The van der Waals surface area contributed by atoms with Gasteiger partial charge in [-0.3, -0.25) is 9.59 Å². The summed E-state index contributed by atoms with van der Waals surface area (Å²) in [7, 11) is 3.31. The minimum Gasteiger partial charge on any atom is -0.435 e. The van der Waals surface area contributed by atoms with Gasteiger partial charge in [-0.25, -0.2) is 4.79 Å². The van der Waals surface area contributed by atoms with Crippen LogP contribution in [0.2, 0.25) is 0 Å². The first-order valence-electron chi connectivity index (χ1n) is 11.7. The first-order valence-corrected chi connectivity index (χ1v) is 15.5. The molecular formula is C24H38N2O6S3. The number of esters is 1. The lowest BCUT2D eigenvalue weighted by atomic mass is 10.0. The van der Waals surface area contributed by atoms with Crippen LogP contribution in [-0.4, -0.2) is 67.7 Å². The van der Waals surface area contributed by atoms with Crippen molar-refractivity contribution < 1.29 is 28.6 Å². The SMILES string of the molecule is CCOC(=O)OC(OC(=O)CNC(=O)C(CSSCNCCCSC)Cc1ccccc1)C(C)C. The Morgan fingerprint density at radius 3 is 2.46 bits per heavy atom. The number of ether oxygens (including phenoxy) is 3. The van der Waals surface area contributed by atoms with Gasteiger partial charge in [0.1, 0.15) is 6.54 Å². The minimum absolute atomic E-state index is 0.154. The smallest absolute Gasteiger partial charge is 0.435 e. The van der Waals surface area contributed by atoms with E-state index >= 15 is 0 Å². The van der Waals surface area contributed by atoms with Crippen molar-refractivity contribution in [1.29, 1.82) is 0 Å². The number of thioether (sulfide) groups is 1. The van der Waals surface area contributed by atoms with Gasteiger partial charge in [0, 0.05) is 11.7 Å². The fourth-order valence-electron chi connectivity index (χ4n) is 2.77. The van der Waals surface area contributed by atoms with Gasteiger partial charge in [0.25, 0.3) is 6.29 Å². The van der Waals surface area contributed by atoms with Crippen LogP contribution in [0, 0.1) is 11.8 Å². The summed E-state index contributed by atoms with van der Waals surface area (Å²) >= 11 is 1.84. The molecule has 1 aromatic rings. The summed E-state index contributed by atoms with van der Waals surface area (Å²) in [6, 6.07) is 9.79. The summed E-state index contributed by atoms with van der Waals surface area (Å²) in [5, 5.41) is 6.06. The molecule has 0 aliphatic carbocycles. The van der Waals surface area contributed by atoms with E-state index in [1.54, 1.807) is 42.4 Å². The van der Waals surface area contributed by atoms with Gasteiger partial charge < -0.3 is 24.8 Å². The second-order valence-corrected chi connectivity index (χ2v) is 11.4. The highest BCUT2D eigenvalue weighted by molar-refractivity contribution is 8.76. The molecule has 0 radical (unpaired) electrons. The van der Waals surface area contributed by atoms with E-state index in [1.165, 1.54) is 0 Å². The van der Waals surface area contributed by atoms with Crippen molar-refractivity contribution in [3.8, 4) is 0 Å².